The number of hydrogen-bond donors (Lipinski definition) is 1. The lowest BCUT2D eigenvalue weighted by Gasteiger charge is -2.32. The summed E-state index contributed by atoms with van der Waals surface area (Å²) >= 11 is 0. The summed E-state index contributed by atoms with van der Waals surface area (Å²) in [7, 11) is 0. The van der Waals surface area contributed by atoms with Gasteiger partial charge in [0.25, 0.3) is 0 Å². The number of nitrogens with zero attached hydrogens (tertiary/aromatic N) is 2. The molecule has 1 saturated heterocycles. The molecule has 2 heterocycles. The molecule has 0 unspecified atom stereocenters. The summed E-state index contributed by atoms with van der Waals surface area (Å²) in [4.78, 5) is 5.72. The highest BCUT2D eigenvalue weighted by molar-refractivity contribution is 5.88. The van der Waals surface area contributed by atoms with Crippen LogP contribution in [0.4, 0.5) is 4.39 Å². The lowest BCUT2D eigenvalue weighted by Crippen LogP contribution is -2.35. The molecule has 0 bridgehead atoms. The van der Waals surface area contributed by atoms with Crippen LogP contribution >= 0.6 is 0 Å². The minimum atomic E-state index is -0.0689. The lowest BCUT2D eigenvalue weighted by molar-refractivity contribution is 0.182. The van der Waals surface area contributed by atoms with E-state index < -0.39 is 0 Å². The van der Waals surface area contributed by atoms with Crippen molar-refractivity contribution in [2.75, 3.05) is 19.6 Å². The van der Waals surface area contributed by atoms with E-state index in [1.54, 1.807) is 18.3 Å². The van der Waals surface area contributed by atoms with Crippen LogP contribution in [0.25, 0.3) is 10.9 Å². The molecule has 0 atom stereocenters. The van der Waals surface area contributed by atoms with E-state index in [0.717, 1.165) is 73.8 Å². The molecule has 0 aliphatic carbocycles. The molecule has 4 rings (SSSR count). The first-order chi connectivity index (χ1) is 13.7. The lowest BCUT2D eigenvalue weighted by atomic mass is 9.90. The second kappa shape index (κ2) is 8.58. The Morgan fingerprint density at radius 3 is 2.64 bits per heavy atom. The van der Waals surface area contributed by atoms with E-state index in [1.165, 1.54) is 5.56 Å². The fourth-order valence-corrected chi connectivity index (χ4v) is 4.44. The van der Waals surface area contributed by atoms with E-state index >= 15 is 0 Å². The Labute approximate surface area is 165 Å². The van der Waals surface area contributed by atoms with Gasteiger partial charge in [-0.25, -0.2) is 4.39 Å². The molecule has 1 aliphatic rings. The quantitative estimate of drug-likeness (QED) is 0.654. The van der Waals surface area contributed by atoms with Gasteiger partial charge in [0.2, 0.25) is 0 Å². The number of H-pyrrole nitrogens is 1. The summed E-state index contributed by atoms with van der Waals surface area (Å²) in [6.45, 7) is 3.27. The summed E-state index contributed by atoms with van der Waals surface area (Å²) < 4.78 is 13.9. The first-order valence-electron chi connectivity index (χ1n) is 10.2. The Morgan fingerprint density at radius 1 is 1.07 bits per heavy atom. The first kappa shape index (κ1) is 18.7. The maximum absolute atomic E-state index is 13.9. The molecule has 28 heavy (non-hydrogen) atoms. The maximum Gasteiger partial charge on any atom is 0.126 e. The molecule has 4 heteroatoms. The number of hydrogen-bond acceptors (Lipinski definition) is 2. The number of aromatic nitrogens is 1. The van der Waals surface area contributed by atoms with E-state index in [9.17, 15) is 9.65 Å². The average molecular weight is 375 g/mol. The molecule has 3 aromatic rings. The van der Waals surface area contributed by atoms with Crippen molar-refractivity contribution in [1.29, 1.82) is 5.26 Å². The average Bonchev–Trinajstić information content (AvgIpc) is 3.15. The molecule has 1 fully saturated rings. The molecule has 3 nitrogen and oxygen atoms in total. The van der Waals surface area contributed by atoms with E-state index in [1.807, 2.05) is 18.2 Å². The Kier molecular flexibility index (Phi) is 5.73. The zero-order chi connectivity index (χ0) is 19.3. The Balaban J connectivity index is 1.27. The predicted octanol–water partition coefficient (Wildman–Crippen LogP) is 5.07. The largest absolute Gasteiger partial charge is 0.360 e. The number of rotatable bonds is 6. The van der Waals surface area contributed by atoms with Gasteiger partial charge in [0, 0.05) is 17.1 Å². The summed E-state index contributed by atoms with van der Waals surface area (Å²) in [5.74, 6) is 0.514. The summed E-state index contributed by atoms with van der Waals surface area (Å²) in [5, 5.41) is 10.4. The van der Waals surface area contributed by atoms with Crippen LogP contribution in [0.5, 0.6) is 0 Å². The third-order valence-corrected chi connectivity index (χ3v) is 6.01. The SMILES string of the molecule is N#Cc1c[nH]c2cccc(CCCN3CCC(Cc4ccccc4F)CC3)c12. The van der Waals surface area contributed by atoms with Crippen molar-refractivity contribution in [3.05, 3.63) is 71.2 Å². The third-order valence-electron chi connectivity index (χ3n) is 6.01. The van der Waals surface area contributed by atoms with Gasteiger partial charge in [0.05, 0.1) is 5.56 Å². The number of piperidine rings is 1. The molecule has 0 spiro atoms. The fourth-order valence-electron chi connectivity index (χ4n) is 4.44. The molecular weight excluding hydrogens is 349 g/mol. The summed E-state index contributed by atoms with van der Waals surface area (Å²) in [6, 6.07) is 15.7. The number of aryl methyl sites for hydroxylation is 1. The van der Waals surface area contributed by atoms with Crippen molar-refractivity contribution < 1.29 is 4.39 Å². The van der Waals surface area contributed by atoms with E-state index in [4.69, 9.17) is 0 Å². The van der Waals surface area contributed by atoms with Crippen LogP contribution in [0, 0.1) is 23.1 Å². The molecule has 1 aliphatic heterocycles. The van der Waals surface area contributed by atoms with Crippen LogP contribution in [-0.4, -0.2) is 29.5 Å². The van der Waals surface area contributed by atoms with Crippen molar-refractivity contribution in [2.24, 2.45) is 5.92 Å². The monoisotopic (exact) mass is 375 g/mol. The van der Waals surface area contributed by atoms with Crippen molar-refractivity contribution in [1.82, 2.24) is 9.88 Å². The van der Waals surface area contributed by atoms with Gasteiger partial charge in [0.1, 0.15) is 11.9 Å². The number of likely N-dealkylation sites (tertiary alicyclic amines) is 1. The second-order valence-corrected chi connectivity index (χ2v) is 7.84. The highest BCUT2D eigenvalue weighted by Gasteiger charge is 2.20. The number of aromatic amines is 1. The van der Waals surface area contributed by atoms with Crippen LogP contribution in [0.2, 0.25) is 0 Å². The van der Waals surface area contributed by atoms with Crippen molar-refractivity contribution >= 4 is 10.9 Å². The Hall–Kier alpha value is -2.64. The smallest absolute Gasteiger partial charge is 0.126 e. The minimum absolute atomic E-state index is 0.0689. The van der Waals surface area contributed by atoms with Gasteiger partial charge in [-0.15, -0.1) is 0 Å². The molecule has 144 valence electrons. The van der Waals surface area contributed by atoms with Gasteiger partial charge < -0.3 is 9.88 Å². The second-order valence-electron chi connectivity index (χ2n) is 7.84. The van der Waals surface area contributed by atoms with Gasteiger partial charge in [-0.2, -0.15) is 5.26 Å². The van der Waals surface area contributed by atoms with Crippen LogP contribution in [0.15, 0.2) is 48.7 Å². The van der Waals surface area contributed by atoms with Gasteiger partial charge >= 0.3 is 0 Å². The van der Waals surface area contributed by atoms with Gasteiger partial charge in [-0.1, -0.05) is 30.3 Å². The normalized spacial score (nSPS) is 15.7. The molecular formula is C24H26FN3. The van der Waals surface area contributed by atoms with Crippen LogP contribution in [-0.2, 0) is 12.8 Å². The van der Waals surface area contributed by atoms with E-state index in [0.29, 0.717) is 5.92 Å². The van der Waals surface area contributed by atoms with Crippen molar-refractivity contribution in [3.8, 4) is 6.07 Å². The molecule has 0 amide bonds. The number of nitrogens with one attached hydrogen (secondary N) is 1. The summed E-state index contributed by atoms with van der Waals surface area (Å²) in [6.07, 6.45) is 7.01. The highest BCUT2D eigenvalue weighted by Crippen LogP contribution is 2.25. The highest BCUT2D eigenvalue weighted by atomic mass is 19.1. The minimum Gasteiger partial charge on any atom is -0.360 e. The van der Waals surface area contributed by atoms with Crippen molar-refractivity contribution in [3.63, 3.8) is 0 Å². The third kappa shape index (κ3) is 4.10. The van der Waals surface area contributed by atoms with Gasteiger partial charge in [-0.05, 0) is 80.9 Å². The maximum atomic E-state index is 13.9. The number of halogens is 1. The zero-order valence-electron chi connectivity index (χ0n) is 16.1. The van der Waals surface area contributed by atoms with Gasteiger partial charge in [0.15, 0.2) is 0 Å². The zero-order valence-corrected chi connectivity index (χ0v) is 16.1. The van der Waals surface area contributed by atoms with Crippen molar-refractivity contribution in [2.45, 2.75) is 32.1 Å². The molecule has 1 N–H and O–H groups in total. The van der Waals surface area contributed by atoms with Crippen LogP contribution < -0.4 is 0 Å². The van der Waals surface area contributed by atoms with Gasteiger partial charge in [-0.3, -0.25) is 0 Å². The van der Waals surface area contributed by atoms with Crippen LogP contribution in [0.3, 0.4) is 0 Å². The van der Waals surface area contributed by atoms with E-state index in [-0.39, 0.29) is 5.82 Å². The first-order valence-corrected chi connectivity index (χ1v) is 10.2. The summed E-state index contributed by atoms with van der Waals surface area (Å²) in [5.41, 5.74) is 3.89. The Bertz CT molecular complexity index is 977. The topological polar surface area (TPSA) is 42.8 Å². The molecule has 2 aromatic carbocycles. The number of benzene rings is 2. The standard InChI is InChI=1S/C24H26FN3/c25-22-8-2-1-5-20(22)15-18-10-13-28(14-11-18)12-4-7-19-6-3-9-23-24(19)21(16-26)17-27-23/h1-3,5-6,8-9,17-18,27H,4,7,10-15H2. The van der Waals surface area contributed by atoms with Crippen LogP contribution in [0.1, 0.15) is 36.0 Å². The van der Waals surface area contributed by atoms with E-state index in [2.05, 4.69) is 28.1 Å². The molecule has 0 saturated carbocycles. The molecule has 1 aromatic heterocycles. The fraction of sp³-hybridized carbons (Fsp3) is 0.375. The Morgan fingerprint density at radius 2 is 1.86 bits per heavy atom. The predicted molar refractivity (Wildman–Crippen MR) is 111 cm³/mol. The number of fused-ring (bicyclic) bond motifs is 1. The molecule has 0 radical (unpaired) electrons. The number of nitriles is 1.